The minimum atomic E-state index is -0.766. The van der Waals surface area contributed by atoms with Crippen LogP contribution in [0.25, 0.3) is 11.4 Å². The maximum absolute atomic E-state index is 14.2. The lowest BCUT2D eigenvalue weighted by atomic mass is 10.0. The highest BCUT2D eigenvalue weighted by molar-refractivity contribution is 5.76. The van der Waals surface area contributed by atoms with E-state index in [-0.39, 0.29) is 24.8 Å². The molecular formula is C26H29F2N5O2. The van der Waals surface area contributed by atoms with Gasteiger partial charge in [0.25, 0.3) is 0 Å². The molecule has 0 atom stereocenters. The monoisotopic (exact) mass is 481 g/mol. The first-order chi connectivity index (χ1) is 16.7. The van der Waals surface area contributed by atoms with Crippen molar-refractivity contribution in [2.75, 3.05) is 37.6 Å². The lowest BCUT2D eigenvalue weighted by Gasteiger charge is -2.36. The summed E-state index contributed by atoms with van der Waals surface area (Å²) >= 11 is 0. The highest BCUT2D eigenvalue weighted by atomic mass is 19.1. The van der Waals surface area contributed by atoms with Crippen LogP contribution in [0.2, 0.25) is 0 Å². The van der Waals surface area contributed by atoms with Gasteiger partial charge in [-0.3, -0.25) is 9.69 Å². The number of hydrogen-bond donors (Lipinski definition) is 1. The molecule has 0 radical (unpaired) electrons. The first-order valence-corrected chi connectivity index (χ1v) is 11.5. The molecule has 1 fully saturated rings. The van der Waals surface area contributed by atoms with Crippen LogP contribution in [0, 0.1) is 32.4 Å². The molecule has 1 amide bonds. The van der Waals surface area contributed by atoms with Gasteiger partial charge < -0.3 is 15.4 Å². The second-order valence-electron chi connectivity index (χ2n) is 8.79. The van der Waals surface area contributed by atoms with Crippen molar-refractivity contribution in [3.63, 3.8) is 0 Å². The number of nitrogens with zero attached hydrogens (tertiary/aromatic N) is 4. The Morgan fingerprint density at radius 2 is 1.71 bits per heavy atom. The fourth-order valence-electron chi connectivity index (χ4n) is 4.37. The highest BCUT2D eigenvalue weighted by Crippen LogP contribution is 2.31. The van der Waals surface area contributed by atoms with Gasteiger partial charge in [0.1, 0.15) is 18.2 Å². The van der Waals surface area contributed by atoms with E-state index in [1.807, 2.05) is 43.9 Å². The summed E-state index contributed by atoms with van der Waals surface area (Å²) in [7, 11) is 0. The Labute approximate surface area is 203 Å². The first kappa shape index (κ1) is 24.5. The topological polar surface area (TPSA) is 84.6 Å². The predicted octanol–water partition coefficient (Wildman–Crippen LogP) is 3.53. The van der Waals surface area contributed by atoms with Gasteiger partial charge in [-0.1, -0.05) is 18.2 Å². The van der Waals surface area contributed by atoms with Crippen molar-refractivity contribution in [3.8, 4) is 17.1 Å². The number of primary amides is 1. The van der Waals surface area contributed by atoms with E-state index in [9.17, 15) is 13.6 Å². The van der Waals surface area contributed by atoms with E-state index >= 15 is 0 Å². The summed E-state index contributed by atoms with van der Waals surface area (Å²) in [5.74, 6) is -0.508. The van der Waals surface area contributed by atoms with Crippen LogP contribution in [0.5, 0.6) is 5.75 Å². The van der Waals surface area contributed by atoms with Gasteiger partial charge in [0.05, 0.1) is 17.8 Å². The van der Waals surface area contributed by atoms with Gasteiger partial charge in [-0.05, 0) is 44.0 Å². The summed E-state index contributed by atoms with van der Waals surface area (Å²) in [6.07, 6.45) is 0. The van der Waals surface area contributed by atoms with Crippen molar-refractivity contribution in [2.24, 2.45) is 5.73 Å². The molecule has 0 bridgehead atoms. The summed E-state index contributed by atoms with van der Waals surface area (Å²) in [4.78, 5) is 25.2. The minimum Gasteiger partial charge on any atom is -0.486 e. The third-order valence-electron chi connectivity index (χ3n) is 6.21. The molecular weight excluding hydrogens is 452 g/mol. The minimum absolute atomic E-state index is 0.0260. The van der Waals surface area contributed by atoms with E-state index in [2.05, 4.69) is 4.90 Å². The molecule has 2 aromatic carbocycles. The van der Waals surface area contributed by atoms with Crippen molar-refractivity contribution >= 4 is 11.7 Å². The maximum atomic E-state index is 14.2. The Hall–Kier alpha value is -3.59. The smallest absolute Gasteiger partial charge is 0.231 e. The second-order valence-corrected chi connectivity index (χ2v) is 8.79. The van der Waals surface area contributed by atoms with Crippen molar-refractivity contribution < 1.29 is 18.3 Å². The van der Waals surface area contributed by atoms with Gasteiger partial charge >= 0.3 is 0 Å². The number of rotatable bonds is 7. The van der Waals surface area contributed by atoms with Crippen molar-refractivity contribution in [3.05, 3.63) is 70.4 Å². The predicted molar refractivity (Wildman–Crippen MR) is 130 cm³/mol. The summed E-state index contributed by atoms with van der Waals surface area (Å²) in [6, 6.07) is 9.27. The van der Waals surface area contributed by atoms with Crippen molar-refractivity contribution in [1.29, 1.82) is 0 Å². The number of anilines is 1. The highest BCUT2D eigenvalue weighted by Gasteiger charge is 2.25. The Morgan fingerprint density at radius 3 is 2.34 bits per heavy atom. The maximum Gasteiger partial charge on any atom is 0.231 e. The molecule has 2 heterocycles. The van der Waals surface area contributed by atoms with Gasteiger partial charge in [-0.15, -0.1) is 0 Å². The molecule has 1 aliphatic heterocycles. The van der Waals surface area contributed by atoms with Crippen LogP contribution in [0.15, 0.2) is 36.4 Å². The zero-order valence-corrected chi connectivity index (χ0v) is 20.1. The fourth-order valence-corrected chi connectivity index (χ4v) is 4.37. The van der Waals surface area contributed by atoms with Crippen LogP contribution in [-0.2, 0) is 11.4 Å². The standard InChI is InChI=1S/C26H29F2N5O2/c1-16-5-4-6-17(2)24(16)25-30-18(3)20(15-35-22-8-7-19(27)13-21(22)28)26(31-25)33-11-9-32(10-12-33)14-23(29)34/h4-8,13H,9-12,14-15H2,1-3H3,(H2,29,34). The average molecular weight is 482 g/mol. The molecule has 35 heavy (non-hydrogen) atoms. The number of benzene rings is 2. The third kappa shape index (κ3) is 5.57. The molecule has 1 saturated heterocycles. The van der Waals surface area contributed by atoms with Crippen LogP contribution in [0.4, 0.5) is 14.6 Å². The second kappa shape index (κ2) is 10.4. The zero-order valence-electron chi connectivity index (χ0n) is 20.1. The van der Waals surface area contributed by atoms with Crippen LogP contribution in [0.1, 0.15) is 22.4 Å². The molecule has 9 heteroatoms. The van der Waals surface area contributed by atoms with Gasteiger partial charge in [0.2, 0.25) is 5.91 Å². The number of piperazine rings is 1. The molecule has 2 N–H and O–H groups in total. The van der Waals surface area contributed by atoms with Crippen LogP contribution in [0.3, 0.4) is 0 Å². The molecule has 7 nitrogen and oxygen atoms in total. The number of aromatic nitrogens is 2. The summed E-state index contributed by atoms with van der Waals surface area (Å²) in [6.45, 7) is 8.74. The molecule has 0 unspecified atom stereocenters. The quantitative estimate of drug-likeness (QED) is 0.556. The number of amides is 1. The lowest BCUT2D eigenvalue weighted by Crippen LogP contribution is -2.49. The largest absolute Gasteiger partial charge is 0.486 e. The number of carbonyl (C=O) groups is 1. The number of nitrogens with two attached hydrogens (primary N) is 1. The van der Waals surface area contributed by atoms with E-state index in [1.165, 1.54) is 6.07 Å². The van der Waals surface area contributed by atoms with Crippen molar-refractivity contribution in [2.45, 2.75) is 27.4 Å². The molecule has 1 aromatic heterocycles. The van der Waals surface area contributed by atoms with Crippen LogP contribution >= 0.6 is 0 Å². The van der Waals surface area contributed by atoms with E-state index in [0.717, 1.165) is 40.1 Å². The fraction of sp³-hybridized carbons (Fsp3) is 0.346. The van der Waals surface area contributed by atoms with Crippen LogP contribution in [-0.4, -0.2) is 53.5 Å². The molecule has 0 saturated carbocycles. The Morgan fingerprint density at radius 1 is 1.03 bits per heavy atom. The normalized spacial score (nSPS) is 14.3. The molecule has 0 spiro atoms. The summed E-state index contributed by atoms with van der Waals surface area (Å²) in [5.41, 5.74) is 9.91. The zero-order chi connectivity index (χ0) is 25.1. The van der Waals surface area contributed by atoms with Gasteiger partial charge in [-0.25, -0.2) is 18.7 Å². The average Bonchev–Trinajstić information content (AvgIpc) is 2.79. The lowest BCUT2D eigenvalue weighted by molar-refractivity contribution is -0.119. The number of carbonyl (C=O) groups excluding carboxylic acids is 1. The Kier molecular flexibility index (Phi) is 7.25. The van der Waals surface area contributed by atoms with Crippen molar-refractivity contribution in [1.82, 2.24) is 14.9 Å². The molecule has 4 rings (SSSR count). The number of aryl methyl sites for hydroxylation is 3. The number of hydrogen-bond acceptors (Lipinski definition) is 6. The molecule has 1 aliphatic rings. The van der Waals surface area contributed by atoms with Gasteiger partial charge in [0.15, 0.2) is 17.4 Å². The van der Waals surface area contributed by atoms with E-state index < -0.39 is 11.6 Å². The first-order valence-electron chi connectivity index (χ1n) is 11.5. The van der Waals surface area contributed by atoms with E-state index in [4.69, 9.17) is 20.4 Å². The third-order valence-corrected chi connectivity index (χ3v) is 6.21. The van der Waals surface area contributed by atoms with Gasteiger partial charge in [-0.2, -0.15) is 0 Å². The number of ether oxygens (including phenoxy) is 1. The Bertz CT molecular complexity index is 1220. The summed E-state index contributed by atoms with van der Waals surface area (Å²) < 4.78 is 33.2. The molecule has 3 aromatic rings. The van der Waals surface area contributed by atoms with Gasteiger partial charge in [0, 0.05) is 37.8 Å². The SMILES string of the molecule is Cc1cccc(C)c1-c1nc(C)c(COc2ccc(F)cc2F)c(N2CCN(CC(N)=O)CC2)n1. The molecule has 184 valence electrons. The molecule has 0 aliphatic carbocycles. The van der Waals surface area contributed by atoms with E-state index in [0.29, 0.717) is 37.8 Å². The van der Waals surface area contributed by atoms with E-state index in [1.54, 1.807) is 0 Å². The summed E-state index contributed by atoms with van der Waals surface area (Å²) in [5, 5.41) is 0. The number of halogens is 2. The van der Waals surface area contributed by atoms with Crippen LogP contribution < -0.4 is 15.4 Å². The Balaban J connectivity index is 1.70.